The predicted molar refractivity (Wildman–Crippen MR) is 310 cm³/mol. The van der Waals surface area contributed by atoms with Gasteiger partial charge < -0.3 is 14.7 Å². The molecule has 1 heterocycles. The number of fused-ring (bicyclic) bond motifs is 4. The number of hydrogen-bond donors (Lipinski definition) is 0. The molecule has 0 unspecified atom stereocenters. The SMILES string of the molecule is CC1(C)c2ccccc2C(=O)c2ccc(-c3ccc(N4c5cc(N(c6ccccc6)c6ccccc6)ccc5C(c5ccccc5)(c5ccccc5)c5ccc(N(c6ccccc6)c6ccccc6)cc54)cc3)cc21. The number of carbonyl (C=O) groups excluding carboxylic acids is 1. The second kappa shape index (κ2) is 18.5. The Morgan fingerprint density at radius 2 is 0.707 bits per heavy atom. The average Bonchev–Trinajstić information content (AvgIpc) is 3.52. The maximum absolute atomic E-state index is 13.9. The number of hydrogen-bond acceptors (Lipinski definition) is 4. The fourth-order valence-electron chi connectivity index (χ4n) is 12.0. The van der Waals surface area contributed by atoms with Gasteiger partial charge in [-0.25, -0.2) is 0 Å². The van der Waals surface area contributed by atoms with E-state index in [2.05, 4.69) is 289 Å². The first-order chi connectivity index (χ1) is 36.9. The van der Waals surface area contributed by atoms with E-state index >= 15 is 0 Å². The fraction of sp³-hybridized carbons (Fsp3) is 0.0563. The van der Waals surface area contributed by atoms with Gasteiger partial charge in [0.1, 0.15) is 0 Å². The molecule has 358 valence electrons. The monoisotopic (exact) mass is 963 g/mol. The Labute approximate surface area is 439 Å². The molecule has 1 aliphatic heterocycles. The third kappa shape index (κ3) is 7.56. The van der Waals surface area contributed by atoms with E-state index in [1.54, 1.807) is 0 Å². The van der Waals surface area contributed by atoms with E-state index in [4.69, 9.17) is 0 Å². The largest absolute Gasteiger partial charge is 0.310 e. The summed E-state index contributed by atoms with van der Waals surface area (Å²) in [6.07, 6.45) is 0. The van der Waals surface area contributed by atoms with Crippen molar-refractivity contribution >= 4 is 57.0 Å². The van der Waals surface area contributed by atoms with Crippen LogP contribution in [0, 0.1) is 0 Å². The molecule has 4 nitrogen and oxygen atoms in total. The Morgan fingerprint density at radius 3 is 1.16 bits per heavy atom. The number of anilines is 9. The molecule has 11 aromatic carbocycles. The van der Waals surface area contributed by atoms with E-state index < -0.39 is 5.41 Å². The van der Waals surface area contributed by atoms with Gasteiger partial charge in [0.05, 0.1) is 16.8 Å². The summed E-state index contributed by atoms with van der Waals surface area (Å²) >= 11 is 0. The van der Waals surface area contributed by atoms with Crippen molar-refractivity contribution in [1.29, 1.82) is 0 Å². The third-order valence-corrected chi connectivity index (χ3v) is 15.5. The molecule has 0 radical (unpaired) electrons. The van der Waals surface area contributed by atoms with E-state index in [1.807, 2.05) is 24.3 Å². The lowest BCUT2D eigenvalue weighted by molar-refractivity contribution is 0.103. The summed E-state index contributed by atoms with van der Waals surface area (Å²) in [6.45, 7) is 4.46. The molecule has 0 N–H and O–H groups in total. The van der Waals surface area contributed by atoms with Crippen molar-refractivity contribution < 1.29 is 4.79 Å². The van der Waals surface area contributed by atoms with Crippen molar-refractivity contribution in [3.05, 3.63) is 330 Å². The first-order valence-corrected chi connectivity index (χ1v) is 25.8. The maximum Gasteiger partial charge on any atom is 0.193 e. The Balaban J connectivity index is 1.07. The molecular weight excluding hydrogens is 911 g/mol. The van der Waals surface area contributed by atoms with Crippen molar-refractivity contribution in [2.24, 2.45) is 0 Å². The molecule has 2 aliphatic rings. The second-order valence-electron chi connectivity index (χ2n) is 20.0. The lowest BCUT2D eigenvalue weighted by atomic mass is 9.62. The normalized spacial score (nSPS) is 13.7. The summed E-state index contributed by atoms with van der Waals surface area (Å²) in [4.78, 5) is 21.1. The van der Waals surface area contributed by atoms with E-state index in [-0.39, 0.29) is 11.2 Å². The zero-order valence-electron chi connectivity index (χ0n) is 41.9. The molecule has 1 aliphatic carbocycles. The van der Waals surface area contributed by atoms with Gasteiger partial charge in [0, 0.05) is 56.4 Å². The van der Waals surface area contributed by atoms with Crippen LogP contribution >= 0.6 is 0 Å². The zero-order valence-corrected chi connectivity index (χ0v) is 41.9. The highest BCUT2D eigenvalue weighted by Gasteiger charge is 2.47. The Bertz CT molecular complexity index is 3610. The van der Waals surface area contributed by atoms with E-state index in [1.165, 1.54) is 22.3 Å². The fourth-order valence-corrected chi connectivity index (χ4v) is 12.0. The third-order valence-electron chi connectivity index (χ3n) is 15.5. The summed E-state index contributed by atoms with van der Waals surface area (Å²) in [5, 5.41) is 0. The highest BCUT2D eigenvalue weighted by molar-refractivity contribution is 6.13. The van der Waals surface area contributed by atoms with Crippen LogP contribution in [0.1, 0.15) is 63.1 Å². The Kier molecular flexibility index (Phi) is 11.2. The Morgan fingerprint density at radius 1 is 0.320 bits per heavy atom. The van der Waals surface area contributed by atoms with Gasteiger partial charge in [-0.2, -0.15) is 0 Å². The smallest absolute Gasteiger partial charge is 0.193 e. The molecule has 0 amide bonds. The van der Waals surface area contributed by atoms with Gasteiger partial charge in [0.2, 0.25) is 0 Å². The lowest BCUT2D eigenvalue weighted by Gasteiger charge is -2.47. The van der Waals surface area contributed by atoms with Crippen LogP contribution in [0.2, 0.25) is 0 Å². The van der Waals surface area contributed by atoms with Gasteiger partial charge in [-0.15, -0.1) is 0 Å². The molecule has 0 fully saturated rings. The number of benzene rings is 11. The van der Waals surface area contributed by atoms with Crippen molar-refractivity contribution in [2.75, 3.05) is 14.7 Å². The van der Waals surface area contributed by atoms with Crippen LogP contribution in [0.5, 0.6) is 0 Å². The van der Waals surface area contributed by atoms with Crippen molar-refractivity contribution in [3.8, 4) is 11.1 Å². The molecule has 0 spiro atoms. The predicted octanol–water partition coefficient (Wildman–Crippen LogP) is 18.3. The van der Waals surface area contributed by atoms with Crippen molar-refractivity contribution in [1.82, 2.24) is 0 Å². The molecule has 13 rings (SSSR count). The molecule has 11 aromatic rings. The van der Waals surface area contributed by atoms with E-state index in [0.29, 0.717) is 0 Å². The number of carbonyl (C=O) groups is 1. The minimum Gasteiger partial charge on any atom is -0.310 e. The molecular formula is C71H53N3O. The highest BCUT2D eigenvalue weighted by atomic mass is 16.1. The van der Waals surface area contributed by atoms with Crippen LogP contribution in [0.25, 0.3) is 11.1 Å². The number of nitrogens with zero attached hydrogens (tertiary/aromatic N) is 3. The standard InChI is InChI=1S/C71H53N3O/c1-70(2)63-36-22-21-35-61(63)69(75)62-44-39-51(47-66(62)70)50-37-40-58(41-38-50)74-67-48-59(72(54-27-13-5-14-28-54)55-29-15-6-16-30-55)42-45-64(67)71(52-23-9-3-10-24-52,53-25-11-4-12-26-53)65-46-43-60(49-68(65)74)73(56-31-17-7-18-32-56)57-33-19-8-20-34-57/h3-49H,1-2H3. The quantitative estimate of drug-likeness (QED) is 0.136. The molecule has 0 bridgehead atoms. The summed E-state index contributed by atoms with van der Waals surface area (Å²) in [5.74, 6) is 0.0845. The molecule has 0 saturated carbocycles. The summed E-state index contributed by atoms with van der Waals surface area (Å²) in [6, 6.07) is 102. The summed E-state index contributed by atoms with van der Waals surface area (Å²) < 4.78 is 0. The van der Waals surface area contributed by atoms with Crippen molar-refractivity contribution in [2.45, 2.75) is 24.7 Å². The number of ketones is 1. The maximum atomic E-state index is 13.9. The zero-order chi connectivity index (χ0) is 50.5. The number of para-hydroxylation sites is 4. The molecule has 75 heavy (non-hydrogen) atoms. The summed E-state index contributed by atoms with van der Waals surface area (Å²) in [5.41, 5.74) is 18.9. The molecule has 0 aromatic heterocycles. The first-order valence-electron chi connectivity index (χ1n) is 25.8. The molecule has 4 heteroatoms. The van der Waals surface area contributed by atoms with Gasteiger partial charge in [0.25, 0.3) is 0 Å². The lowest BCUT2D eigenvalue weighted by Crippen LogP contribution is -2.38. The van der Waals surface area contributed by atoms with E-state index in [9.17, 15) is 4.79 Å². The van der Waals surface area contributed by atoms with Crippen LogP contribution in [0.15, 0.2) is 285 Å². The second-order valence-corrected chi connectivity index (χ2v) is 20.0. The average molecular weight is 964 g/mol. The van der Waals surface area contributed by atoms with Crippen LogP contribution < -0.4 is 14.7 Å². The first kappa shape index (κ1) is 45.4. The van der Waals surface area contributed by atoms with Gasteiger partial charge >= 0.3 is 0 Å². The van der Waals surface area contributed by atoms with Gasteiger partial charge in [-0.3, -0.25) is 4.79 Å². The van der Waals surface area contributed by atoms with Gasteiger partial charge in [-0.1, -0.05) is 208 Å². The molecule has 0 saturated heterocycles. The summed E-state index contributed by atoms with van der Waals surface area (Å²) in [7, 11) is 0. The van der Waals surface area contributed by atoms with Crippen LogP contribution in [-0.2, 0) is 10.8 Å². The minimum atomic E-state index is -0.735. The van der Waals surface area contributed by atoms with Gasteiger partial charge in [-0.05, 0) is 136 Å². The topological polar surface area (TPSA) is 26.8 Å². The van der Waals surface area contributed by atoms with Crippen LogP contribution in [0.3, 0.4) is 0 Å². The highest BCUT2D eigenvalue weighted by Crippen LogP contribution is 2.60. The molecule has 0 atom stereocenters. The van der Waals surface area contributed by atoms with E-state index in [0.717, 1.165) is 84.6 Å². The number of rotatable bonds is 10. The Hall–Kier alpha value is -9.51. The van der Waals surface area contributed by atoms with Gasteiger partial charge in [0.15, 0.2) is 5.78 Å². The van der Waals surface area contributed by atoms with Crippen LogP contribution in [-0.4, -0.2) is 5.78 Å². The minimum absolute atomic E-state index is 0.0845. The van der Waals surface area contributed by atoms with Crippen molar-refractivity contribution in [3.63, 3.8) is 0 Å². The van der Waals surface area contributed by atoms with Crippen LogP contribution in [0.4, 0.5) is 51.2 Å².